The summed E-state index contributed by atoms with van der Waals surface area (Å²) in [5.41, 5.74) is 2.00. The molecule has 1 saturated heterocycles. The number of hydrogen-bond donors (Lipinski definition) is 0. The Labute approximate surface area is 130 Å². The lowest BCUT2D eigenvalue weighted by Gasteiger charge is -2.39. The van der Waals surface area contributed by atoms with E-state index in [2.05, 4.69) is 33.0 Å². The first kappa shape index (κ1) is 14.4. The maximum atomic E-state index is 5.49. The summed E-state index contributed by atoms with van der Waals surface area (Å²) in [6, 6.07) is 6.30. The molecule has 0 bridgehead atoms. The zero-order valence-corrected chi connectivity index (χ0v) is 13.9. The van der Waals surface area contributed by atoms with Crippen LogP contribution in [0.3, 0.4) is 0 Å². The van der Waals surface area contributed by atoms with Gasteiger partial charge in [-0.15, -0.1) is 0 Å². The van der Waals surface area contributed by atoms with E-state index in [9.17, 15) is 0 Å². The minimum Gasteiger partial charge on any atom is -0.496 e. The average Bonchev–Trinajstić information content (AvgIpc) is 2.90. The van der Waals surface area contributed by atoms with Crippen molar-refractivity contribution in [2.24, 2.45) is 5.41 Å². The maximum absolute atomic E-state index is 5.49. The van der Waals surface area contributed by atoms with Crippen molar-refractivity contribution in [1.29, 1.82) is 0 Å². The molecule has 0 aromatic heterocycles. The van der Waals surface area contributed by atoms with Gasteiger partial charge in [0.05, 0.1) is 7.11 Å². The van der Waals surface area contributed by atoms with Gasteiger partial charge in [-0.05, 0) is 62.4 Å². The fraction of sp³-hybridized carbons (Fsp3) is 0.647. The fourth-order valence-electron chi connectivity index (χ4n) is 3.92. The van der Waals surface area contributed by atoms with E-state index in [1.807, 2.05) is 6.07 Å². The normalized spacial score (nSPS) is 22.3. The zero-order chi connectivity index (χ0) is 14.0. The number of halogens is 1. The van der Waals surface area contributed by atoms with Gasteiger partial charge in [0.25, 0.3) is 0 Å². The predicted octanol–water partition coefficient (Wildman–Crippen LogP) is 4.61. The molecule has 0 amide bonds. The molecule has 3 rings (SSSR count). The molecule has 110 valence electrons. The highest BCUT2D eigenvalue weighted by Gasteiger charge is 2.36. The Morgan fingerprint density at radius 2 is 1.85 bits per heavy atom. The molecule has 0 N–H and O–H groups in total. The number of methoxy groups -OCH3 is 1. The summed E-state index contributed by atoms with van der Waals surface area (Å²) in [6.07, 6.45) is 8.65. The van der Waals surface area contributed by atoms with Crippen molar-refractivity contribution in [2.75, 3.05) is 20.2 Å². The second kappa shape index (κ2) is 6.07. The van der Waals surface area contributed by atoms with Gasteiger partial charge in [-0.25, -0.2) is 0 Å². The molecule has 1 aromatic carbocycles. The number of ether oxygens (including phenoxy) is 1. The molecule has 1 aromatic rings. The molecule has 0 unspecified atom stereocenters. The number of nitrogens with zero attached hydrogens (tertiary/aromatic N) is 1. The first-order valence-electron chi connectivity index (χ1n) is 7.76. The van der Waals surface area contributed by atoms with Crippen LogP contribution in [0.2, 0.25) is 0 Å². The second-order valence-corrected chi connectivity index (χ2v) is 7.36. The number of rotatable bonds is 3. The van der Waals surface area contributed by atoms with Gasteiger partial charge in [-0.2, -0.15) is 0 Å². The van der Waals surface area contributed by atoms with E-state index in [-0.39, 0.29) is 0 Å². The lowest BCUT2D eigenvalue weighted by Crippen LogP contribution is -2.38. The molecule has 1 aliphatic heterocycles. The molecule has 3 heteroatoms. The smallest absolute Gasteiger partial charge is 0.123 e. The number of piperidine rings is 1. The van der Waals surface area contributed by atoms with E-state index in [1.165, 1.54) is 57.2 Å². The van der Waals surface area contributed by atoms with E-state index < -0.39 is 0 Å². The Bertz CT molecular complexity index is 458. The van der Waals surface area contributed by atoms with E-state index in [0.717, 1.165) is 16.8 Å². The maximum Gasteiger partial charge on any atom is 0.123 e. The van der Waals surface area contributed by atoms with Crippen molar-refractivity contribution in [1.82, 2.24) is 4.90 Å². The van der Waals surface area contributed by atoms with Crippen molar-refractivity contribution < 1.29 is 4.74 Å². The molecule has 0 radical (unpaired) electrons. The molecule has 1 heterocycles. The highest BCUT2D eigenvalue weighted by atomic mass is 79.9. The van der Waals surface area contributed by atoms with Crippen LogP contribution in [0.25, 0.3) is 0 Å². The largest absolute Gasteiger partial charge is 0.496 e. The van der Waals surface area contributed by atoms with Crippen LogP contribution in [-0.2, 0) is 6.54 Å². The van der Waals surface area contributed by atoms with Gasteiger partial charge in [0.2, 0.25) is 0 Å². The van der Waals surface area contributed by atoms with Crippen LogP contribution in [-0.4, -0.2) is 25.1 Å². The lowest BCUT2D eigenvalue weighted by atomic mass is 9.77. The first-order valence-corrected chi connectivity index (χ1v) is 8.55. The standard InChI is InChI=1S/C17H24BrNO/c1-20-16-5-4-15(18)12-14(16)13-19-10-8-17(9-11-19)6-2-3-7-17/h4-5,12H,2-3,6-11,13H2,1H3. The summed E-state index contributed by atoms with van der Waals surface area (Å²) in [4.78, 5) is 2.59. The van der Waals surface area contributed by atoms with Gasteiger partial charge in [-0.3, -0.25) is 4.90 Å². The van der Waals surface area contributed by atoms with Gasteiger partial charge >= 0.3 is 0 Å². The molecule has 20 heavy (non-hydrogen) atoms. The van der Waals surface area contributed by atoms with E-state index in [4.69, 9.17) is 4.74 Å². The van der Waals surface area contributed by atoms with Gasteiger partial charge in [-0.1, -0.05) is 28.8 Å². The average molecular weight is 338 g/mol. The molecule has 1 spiro atoms. The lowest BCUT2D eigenvalue weighted by molar-refractivity contribution is 0.103. The van der Waals surface area contributed by atoms with Gasteiger partial charge in [0.15, 0.2) is 0 Å². The van der Waals surface area contributed by atoms with Crippen LogP contribution in [0.15, 0.2) is 22.7 Å². The molecule has 2 fully saturated rings. The summed E-state index contributed by atoms with van der Waals surface area (Å²) >= 11 is 3.56. The monoisotopic (exact) mass is 337 g/mol. The van der Waals surface area contributed by atoms with Crippen molar-refractivity contribution in [2.45, 2.75) is 45.1 Å². The summed E-state index contributed by atoms with van der Waals surface area (Å²) < 4.78 is 6.62. The number of hydrogen-bond acceptors (Lipinski definition) is 2. The molecule has 1 saturated carbocycles. The van der Waals surface area contributed by atoms with Gasteiger partial charge < -0.3 is 4.74 Å². The van der Waals surface area contributed by atoms with Crippen LogP contribution < -0.4 is 4.74 Å². The molecule has 2 aliphatic rings. The van der Waals surface area contributed by atoms with E-state index in [1.54, 1.807) is 7.11 Å². The van der Waals surface area contributed by atoms with Crippen LogP contribution in [0.4, 0.5) is 0 Å². The van der Waals surface area contributed by atoms with Crippen LogP contribution in [0.1, 0.15) is 44.1 Å². The Morgan fingerprint density at radius 3 is 2.50 bits per heavy atom. The van der Waals surface area contributed by atoms with E-state index in [0.29, 0.717) is 5.41 Å². The first-order chi connectivity index (χ1) is 9.71. The minimum absolute atomic E-state index is 0.706. The second-order valence-electron chi connectivity index (χ2n) is 6.44. The molecular formula is C17H24BrNO. The summed E-state index contributed by atoms with van der Waals surface area (Å²) in [6.45, 7) is 3.50. The quantitative estimate of drug-likeness (QED) is 0.798. The molecule has 2 nitrogen and oxygen atoms in total. The Morgan fingerprint density at radius 1 is 1.15 bits per heavy atom. The fourth-order valence-corrected chi connectivity index (χ4v) is 4.33. The zero-order valence-electron chi connectivity index (χ0n) is 12.3. The van der Waals surface area contributed by atoms with Crippen molar-refractivity contribution >= 4 is 15.9 Å². The molecule has 0 atom stereocenters. The van der Waals surface area contributed by atoms with Crippen LogP contribution >= 0.6 is 15.9 Å². The van der Waals surface area contributed by atoms with Crippen molar-refractivity contribution in [3.05, 3.63) is 28.2 Å². The van der Waals surface area contributed by atoms with Crippen molar-refractivity contribution in [3.8, 4) is 5.75 Å². The predicted molar refractivity (Wildman–Crippen MR) is 86.1 cm³/mol. The topological polar surface area (TPSA) is 12.5 Å². The third-order valence-corrected chi connectivity index (χ3v) is 5.71. The third-order valence-electron chi connectivity index (χ3n) is 5.22. The molecule has 1 aliphatic carbocycles. The van der Waals surface area contributed by atoms with Crippen LogP contribution in [0.5, 0.6) is 5.75 Å². The summed E-state index contributed by atoms with van der Waals surface area (Å²) in [7, 11) is 1.76. The number of benzene rings is 1. The third kappa shape index (κ3) is 3.04. The SMILES string of the molecule is COc1ccc(Br)cc1CN1CCC2(CCCC2)CC1. The van der Waals surface area contributed by atoms with Gasteiger partial charge in [0, 0.05) is 16.6 Å². The Kier molecular flexibility index (Phi) is 4.37. The summed E-state index contributed by atoms with van der Waals surface area (Å²) in [5, 5.41) is 0. The van der Waals surface area contributed by atoms with Crippen molar-refractivity contribution in [3.63, 3.8) is 0 Å². The summed E-state index contributed by atoms with van der Waals surface area (Å²) in [5.74, 6) is 1.01. The molecular weight excluding hydrogens is 314 g/mol. The number of likely N-dealkylation sites (tertiary alicyclic amines) is 1. The van der Waals surface area contributed by atoms with Gasteiger partial charge in [0.1, 0.15) is 5.75 Å². The minimum atomic E-state index is 0.706. The highest BCUT2D eigenvalue weighted by molar-refractivity contribution is 9.10. The highest BCUT2D eigenvalue weighted by Crippen LogP contribution is 2.46. The van der Waals surface area contributed by atoms with Crippen LogP contribution in [0, 0.1) is 5.41 Å². The Balaban J connectivity index is 1.63. The Hall–Kier alpha value is -0.540. The van der Waals surface area contributed by atoms with E-state index >= 15 is 0 Å².